The minimum atomic E-state index is -0.204. The average molecular weight is 283 g/mol. The van der Waals surface area contributed by atoms with Crippen molar-refractivity contribution < 1.29 is 9.53 Å². The van der Waals surface area contributed by atoms with Crippen molar-refractivity contribution in [1.29, 1.82) is 0 Å². The van der Waals surface area contributed by atoms with Gasteiger partial charge in [0, 0.05) is 17.1 Å². The molecule has 0 aliphatic carbocycles. The van der Waals surface area contributed by atoms with E-state index in [9.17, 15) is 4.79 Å². The number of halogens is 1. The van der Waals surface area contributed by atoms with Gasteiger partial charge in [-0.25, -0.2) is 0 Å². The highest BCUT2D eigenvalue weighted by Crippen LogP contribution is 2.25. The van der Waals surface area contributed by atoms with Gasteiger partial charge in [0.2, 0.25) is 0 Å². The molecule has 0 aliphatic heterocycles. The maximum Gasteiger partial charge on any atom is 0.265 e. The first kappa shape index (κ1) is 12.7. The topological polar surface area (TPSA) is 64.3 Å². The zero-order valence-electron chi connectivity index (χ0n) is 9.57. The molecular weight excluding hydrogens is 272 g/mol. The van der Waals surface area contributed by atoms with E-state index in [2.05, 4.69) is 5.32 Å². The van der Waals surface area contributed by atoms with Gasteiger partial charge >= 0.3 is 0 Å². The summed E-state index contributed by atoms with van der Waals surface area (Å²) in [5.74, 6) is 0.464. The van der Waals surface area contributed by atoms with Crippen LogP contribution in [0.5, 0.6) is 5.75 Å². The molecule has 0 fully saturated rings. The third-order valence-electron chi connectivity index (χ3n) is 2.29. The van der Waals surface area contributed by atoms with Gasteiger partial charge in [-0.1, -0.05) is 11.6 Å². The first-order chi connectivity index (χ1) is 8.60. The molecule has 0 spiro atoms. The first-order valence-electron chi connectivity index (χ1n) is 5.09. The fourth-order valence-electron chi connectivity index (χ4n) is 1.36. The van der Waals surface area contributed by atoms with Crippen molar-refractivity contribution in [2.24, 2.45) is 0 Å². The number of benzene rings is 1. The molecule has 0 aliphatic rings. The average Bonchev–Trinajstić information content (AvgIpc) is 2.82. The number of anilines is 2. The quantitative estimate of drug-likeness (QED) is 0.850. The molecule has 2 aromatic rings. The molecule has 0 saturated carbocycles. The van der Waals surface area contributed by atoms with Gasteiger partial charge in [-0.2, -0.15) is 0 Å². The van der Waals surface area contributed by atoms with E-state index < -0.39 is 0 Å². The molecule has 2 rings (SSSR count). The van der Waals surface area contributed by atoms with E-state index in [1.807, 2.05) is 0 Å². The van der Waals surface area contributed by atoms with Crippen molar-refractivity contribution in [3.05, 3.63) is 39.5 Å². The highest BCUT2D eigenvalue weighted by atomic mass is 35.5. The second-order valence-electron chi connectivity index (χ2n) is 3.54. The van der Waals surface area contributed by atoms with Crippen LogP contribution in [0.2, 0.25) is 5.02 Å². The molecule has 0 unspecified atom stereocenters. The lowest BCUT2D eigenvalue weighted by Gasteiger charge is -2.05. The van der Waals surface area contributed by atoms with E-state index in [4.69, 9.17) is 22.1 Å². The van der Waals surface area contributed by atoms with Gasteiger partial charge < -0.3 is 15.8 Å². The lowest BCUT2D eigenvalue weighted by molar-refractivity contribution is 0.103. The number of methoxy groups -OCH3 is 1. The minimum absolute atomic E-state index is 0.204. The molecule has 0 bridgehead atoms. The van der Waals surface area contributed by atoms with E-state index in [-0.39, 0.29) is 5.91 Å². The summed E-state index contributed by atoms with van der Waals surface area (Å²) in [5, 5.41) is 4.97. The summed E-state index contributed by atoms with van der Waals surface area (Å²) in [4.78, 5) is 12.5. The number of carbonyl (C=O) groups excluding carboxylic acids is 1. The van der Waals surface area contributed by atoms with Crippen LogP contribution in [0.1, 0.15) is 9.67 Å². The number of nitrogen functional groups attached to an aromatic ring is 1. The number of amides is 1. The SMILES string of the molecule is COc1csc(C(=O)Nc2ccc(Cl)c(N)c2)c1. The van der Waals surface area contributed by atoms with Crippen LogP contribution in [0.4, 0.5) is 11.4 Å². The molecule has 1 heterocycles. The smallest absolute Gasteiger partial charge is 0.265 e. The maximum atomic E-state index is 11.9. The van der Waals surface area contributed by atoms with Crippen molar-refractivity contribution in [3.8, 4) is 5.75 Å². The molecule has 6 heteroatoms. The fraction of sp³-hybridized carbons (Fsp3) is 0.0833. The second kappa shape index (κ2) is 5.29. The molecule has 0 radical (unpaired) electrons. The molecule has 94 valence electrons. The number of hydrogen-bond donors (Lipinski definition) is 2. The highest BCUT2D eigenvalue weighted by molar-refractivity contribution is 7.12. The zero-order chi connectivity index (χ0) is 13.1. The van der Waals surface area contributed by atoms with Crippen LogP contribution in [-0.2, 0) is 0 Å². The summed E-state index contributed by atoms with van der Waals surface area (Å²) in [7, 11) is 1.56. The minimum Gasteiger partial charge on any atom is -0.496 e. The number of carbonyl (C=O) groups is 1. The predicted octanol–water partition coefficient (Wildman–Crippen LogP) is 3.24. The largest absolute Gasteiger partial charge is 0.496 e. The second-order valence-corrected chi connectivity index (χ2v) is 4.86. The summed E-state index contributed by atoms with van der Waals surface area (Å²) in [6.07, 6.45) is 0. The maximum absolute atomic E-state index is 11.9. The fourth-order valence-corrected chi connectivity index (χ4v) is 2.23. The third kappa shape index (κ3) is 2.75. The van der Waals surface area contributed by atoms with E-state index >= 15 is 0 Å². The van der Waals surface area contributed by atoms with Gasteiger partial charge in [0.25, 0.3) is 5.91 Å². The number of hydrogen-bond acceptors (Lipinski definition) is 4. The summed E-state index contributed by atoms with van der Waals surface area (Å²) < 4.78 is 5.02. The normalized spacial score (nSPS) is 10.1. The highest BCUT2D eigenvalue weighted by Gasteiger charge is 2.10. The molecule has 3 N–H and O–H groups in total. The van der Waals surface area contributed by atoms with E-state index in [1.165, 1.54) is 11.3 Å². The van der Waals surface area contributed by atoms with Crippen molar-refractivity contribution >= 4 is 40.2 Å². The Labute approximate surface area is 113 Å². The molecular formula is C12H11ClN2O2S. The summed E-state index contributed by atoms with van der Waals surface area (Å²) in [6, 6.07) is 6.63. The van der Waals surface area contributed by atoms with Gasteiger partial charge in [-0.15, -0.1) is 11.3 Å². The Kier molecular flexibility index (Phi) is 3.74. The predicted molar refractivity (Wildman–Crippen MR) is 74.7 cm³/mol. The zero-order valence-corrected chi connectivity index (χ0v) is 11.1. The number of nitrogens with one attached hydrogen (secondary N) is 1. The van der Waals surface area contributed by atoms with Gasteiger partial charge in [0.15, 0.2) is 0 Å². The van der Waals surface area contributed by atoms with Crippen LogP contribution in [-0.4, -0.2) is 13.0 Å². The van der Waals surface area contributed by atoms with Gasteiger partial charge in [0.1, 0.15) is 5.75 Å². The molecule has 4 nitrogen and oxygen atoms in total. The van der Waals surface area contributed by atoms with Crippen LogP contribution in [0.15, 0.2) is 29.6 Å². The van der Waals surface area contributed by atoms with Crippen molar-refractivity contribution in [2.75, 3.05) is 18.2 Å². The molecule has 1 aromatic heterocycles. The van der Waals surface area contributed by atoms with Crippen molar-refractivity contribution in [2.45, 2.75) is 0 Å². The van der Waals surface area contributed by atoms with Crippen LogP contribution >= 0.6 is 22.9 Å². The molecule has 1 aromatic carbocycles. The lowest BCUT2D eigenvalue weighted by Crippen LogP contribution is -2.10. The number of rotatable bonds is 3. The number of nitrogens with two attached hydrogens (primary N) is 1. The van der Waals surface area contributed by atoms with Crippen LogP contribution in [0.25, 0.3) is 0 Å². The van der Waals surface area contributed by atoms with Crippen LogP contribution in [0.3, 0.4) is 0 Å². The Hall–Kier alpha value is -1.72. The van der Waals surface area contributed by atoms with Crippen LogP contribution < -0.4 is 15.8 Å². The Morgan fingerprint density at radius 3 is 2.83 bits per heavy atom. The van der Waals surface area contributed by atoms with E-state index in [0.717, 1.165) is 0 Å². The van der Waals surface area contributed by atoms with Crippen molar-refractivity contribution in [1.82, 2.24) is 0 Å². The third-order valence-corrected chi connectivity index (χ3v) is 3.54. The standard InChI is InChI=1S/C12H11ClN2O2S/c1-17-8-5-11(18-6-8)12(16)15-7-2-3-9(13)10(14)4-7/h2-6H,14H2,1H3,(H,15,16). The molecule has 18 heavy (non-hydrogen) atoms. The van der Waals surface area contributed by atoms with Gasteiger partial charge in [0.05, 0.1) is 22.7 Å². The monoisotopic (exact) mass is 282 g/mol. The Bertz CT molecular complexity index is 583. The number of ether oxygens (including phenoxy) is 1. The van der Waals surface area contributed by atoms with Gasteiger partial charge in [-0.05, 0) is 18.2 Å². The Morgan fingerprint density at radius 2 is 2.22 bits per heavy atom. The Balaban J connectivity index is 2.13. The Morgan fingerprint density at radius 1 is 1.44 bits per heavy atom. The van der Waals surface area contributed by atoms with Crippen LogP contribution in [0, 0.1) is 0 Å². The summed E-state index contributed by atoms with van der Waals surface area (Å²) in [5.41, 5.74) is 6.69. The molecule has 1 amide bonds. The van der Waals surface area contributed by atoms with Crippen molar-refractivity contribution in [3.63, 3.8) is 0 Å². The lowest BCUT2D eigenvalue weighted by atomic mass is 10.2. The number of thiophene rings is 1. The summed E-state index contributed by atoms with van der Waals surface area (Å²) >= 11 is 7.12. The van der Waals surface area contributed by atoms with Gasteiger partial charge in [-0.3, -0.25) is 4.79 Å². The van der Waals surface area contributed by atoms with E-state index in [0.29, 0.717) is 27.0 Å². The molecule has 0 saturated heterocycles. The first-order valence-corrected chi connectivity index (χ1v) is 6.35. The molecule has 0 atom stereocenters. The van der Waals surface area contributed by atoms with E-state index in [1.54, 1.807) is 36.8 Å². The summed E-state index contributed by atoms with van der Waals surface area (Å²) in [6.45, 7) is 0.